The molecule has 33 heavy (non-hydrogen) atoms. The number of para-hydroxylation sites is 1. The number of methoxy groups -OCH3 is 2. The number of hydrogen-bond acceptors (Lipinski definition) is 5. The Kier molecular flexibility index (Phi) is 6.33. The number of benzene rings is 3. The number of aromatic nitrogens is 2. The van der Waals surface area contributed by atoms with Gasteiger partial charge in [0, 0.05) is 22.9 Å². The van der Waals surface area contributed by atoms with E-state index in [2.05, 4.69) is 0 Å². The molecule has 6 nitrogen and oxygen atoms in total. The van der Waals surface area contributed by atoms with Gasteiger partial charge < -0.3 is 9.47 Å². The minimum Gasteiger partial charge on any atom is -0.497 e. The second kappa shape index (κ2) is 9.67. The molecule has 6 heteroatoms. The summed E-state index contributed by atoms with van der Waals surface area (Å²) in [6.45, 7) is 0. The molecular formula is C27H21N3O3. The first kappa shape index (κ1) is 21.6. The zero-order valence-corrected chi connectivity index (χ0v) is 18.2. The van der Waals surface area contributed by atoms with Crippen molar-refractivity contribution >= 4 is 11.9 Å². The van der Waals surface area contributed by atoms with Gasteiger partial charge in [-0.3, -0.25) is 4.79 Å². The summed E-state index contributed by atoms with van der Waals surface area (Å²) in [5, 5.41) is 14.5. The first-order valence-electron chi connectivity index (χ1n) is 10.2. The molecular weight excluding hydrogens is 414 g/mol. The fourth-order valence-corrected chi connectivity index (χ4v) is 3.40. The Hall–Kier alpha value is -4.63. The molecule has 0 unspecified atom stereocenters. The van der Waals surface area contributed by atoms with Crippen molar-refractivity contribution in [2.75, 3.05) is 14.2 Å². The molecule has 0 aliphatic heterocycles. The number of carbonyl (C=O) groups excluding carboxylic acids is 1. The van der Waals surface area contributed by atoms with Gasteiger partial charge in [0.1, 0.15) is 23.1 Å². The van der Waals surface area contributed by atoms with Gasteiger partial charge in [0.2, 0.25) is 5.78 Å². The summed E-state index contributed by atoms with van der Waals surface area (Å²) in [6, 6.07) is 25.9. The van der Waals surface area contributed by atoms with Crippen LogP contribution in [0.1, 0.15) is 15.9 Å². The van der Waals surface area contributed by atoms with Crippen LogP contribution in [0.2, 0.25) is 0 Å². The Labute approximate surface area is 191 Å². The molecule has 0 fully saturated rings. The molecule has 0 amide bonds. The maximum absolute atomic E-state index is 13.1. The molecule has 0 aliphatic carbocycles. The lowest BCUT2D eigenvalue weighted by Gasteiger charge is -2.04. The van der Waals surface area contributed by atoms with Crippen molar-refractivity contribution in [1.29, 1.82) is 5.26 Å². The standard InChI is InChI=1S/C27H21N3O3/c1-32-24-13-11-19(12-14-24)26-22(18-30(29-26)23-8-4-3-5-9-23)15-21(17-28)27(31)20-7-6-10-25(16-20)33-2/h3-16,18H,1-2H3/b21-15+. The summed E-state index contributed by atoms with van der Waals surface area (Å²) >= 11 is 0. The first-order chi connectivity index (χ1) is 16.1. The number of allylic oxidation sites excluding steroid dienone is 1. The molecule has 4 aromatic rings. The number of carbonyl (C=O) groups is 1. The number of Topliss-reactive ketones (excluding diaryl/α,β-unsaturated/α-hetero) is 1. The number of ether oxygens (including phenoxy) is 2. The van der Waals surface area contributed by atoms with Crippen LogP contribution in [-0.4, -0.2) is 29.8 Å². The van der Waals surface area contributed by atoms with Gasteiger partial charge in [0.15, 0.2) is 0 Å². The molecule has 0 saturated carbocycles. The van der Waals surface area contributed by atoms with Gasteiger partial charge in [-0.2, -0.15) is 10.4 Å². The van der Waals surface area contributed by atoms with Gasteiger partial charge in [-0.05, 0) is 54.6 Å². The molecule has 162 valence electrons. The third-order valence-corrected chi connectivity index (χ3v) is 5.12. The van der Waals surface area contributed by atoms with Gasteiger partial charge in [0.25, 0.3) is 0 Å². The number of ketones is 1. The highest BCUT2D eigenvalue weighted by molar-refractivity contribution is 6.14. The summed E-state index contributed by atoms with van der Waals surface area (Å²) in [5.74, 6) is 0.891. The van der Waals surface area contributed by atoms with E-state index >= 15 is 0 Å². The number of nitriles is 1. The smallest absolute Gasteiger partial charge is 0.203 e. The lowest BCUT2D eigenvalue weighted by molar-refractivity contribution is 0.103. The van der Waals surface area contributed by atoms with E-state index in [0.717, 1.165) is 17.0 Å². The zero-order chi connectivity index (χ0) is 23.2. The molecule has 0 atom stereocenters. The zero-order valence-electron chi connectivity index (χ0n) is 18.2. The molecule has 4 rings (SSSR count). The first-order valence-corrected chi connectivity index (χ1v) is 10.2. The normalized spacial score (nSPS) is 11.0. The van der Waals surface area contributed by atoms with E-state index in [4.69, 9.17) is 14.6 Å². The fraction of sp³-hybridized carbons (Fsp3) is 0.0741. The van der Waals surface area contributed by atoms with Crippen LogP contribution >= 0.6 is 0 Å². The topological polar surface area (TPSA) is 77.1 Å². The summed E-state index contributed by atoms with van der Waals surface area (Å²) < 4.78 is 12.2. The maximum atomic E-state index is 13.1. The molecule has 0 bridgehead atoms. The highest BCUT2D eigenvalue weighted by atomic mass is 16.5. The van der Waals surface area contributed by atoms with Crippen LogP contribution in [0.5, 0.6) is 11.5 Å². The quantitative estimate of drug-likeness (QED) is 0.222. The van der Waals surface area contributed by atoms with Gasteiger partial charge in [-0.15, -0.1) is 0 Å². The van der Waals surface area contributed by atoms with Crippen LogP contribution < -0.4 is 9.47 Å². The van der Waals surface area contributed by atoms with Crippen LogP contribution in [-0.2, 0) is 0 Å². The number of nitrogens with zero attached hydrogens (tertiary/aromatic N) is 3. The molecule has 0 aliphatic rings. The predicted octanol–water partition coefficient (Wildman–Crippen LogP) is 5.35. The van der Waals surface area contributed by atoms with Crippen molar-refractivity contribution in [2.24, 2.45) is 0 Å². The SMILES string of the molecule is COc1ccc(-c2nn(-c3ccccc3)cc2/C=C(\C#N)C(=O)c2cccc(OC)c2)cc1. The molecule has 0 radical (unpaired) electrons. The van der Waals surface area contributed by atoms with Crippen LogP contribution in [0, 0.1) is 11.3 Å². The van der Waals surface area contributed by atoms with Crippen molar-refractivity contribution in [1.82, 2.24) is 9.78 Å². The van der Waals surface area contributed by atoms with Gasteiger partial charge in [0.05, 0.1) is 25.6 Å². The van der Waals surface area contributed by atoms with E-state index < -0.39 is 0 Å². The Morgan fingerprint density at radius 3 is 2.33 bits per heavy atom. The monoisotopic (exact) mass is 435 g/mol. The van der Waals surface area contributed by atoms with Crippen LogP contribution in [0.4, 0.5) is 0 Å². The maximum Gasteiger partial charge on any atom is 0.203 e. The van der Waals surface area contributed by atoms with Crippen LogP contribution in [0.15, 0.2) is 90.6 Å². The van der Waals surface area contributed by atoms with Crippen LogP contribution in [0.3, 0.4) is 0 Å². The highest BCUT2D eigenvalue weighted by Gasteiger charge is 2.17. The third-order valence-electron chi connectivity index (χ3n) is 5.12. The predicted molar refractivity (Wildman–Crippen MR) is 126 cm³/mol. The third kappa shape index (κ3) is 4.68. The van der Waals surface area contributed by atoms with Crippen molar-refractivity contribution < 1.29 is 14.3 Å². The highest BCUT2D eigenvalue weighted by Crippen LogP contribution is 2.28. The average Bonchev–Trinajstić information content (AvgIpc) is 3.31. The molecule has 1 heterocycles. The number of rotatable bonds is 7. The van der Waals surface area contributed by atoms with E-state index in [9.17, 15) is 10.1 Å². The van der Waals surface area contributed by atoms with E-state index in [0.29, 0.717) is 22.6 Å². The average molecular weight is 435 g/mol. The Balaban J connectivity index is 1.81. The molecule has 3 aromatic carbocycles. The van der Waals surface area contributed by atoms with E-state index in [1.165, 1.54) is 7.11 Å². The lowest BCUT2D eigenvalue weighted by Crippen LogP contribution is -2.02. The number of hydrogen-bond donors (Lipinski definition) is 0. The lowest BCUT2D eigenvalue weighted by atomic mass is 10.0. The van der Waals surface area contributed by atoms with E-state index in [1.807, 2.05) is 66.9 Å². The summed E-state index contributed by atoms with van der Waals surface area (Å²) in [4.78, 5) is 13.1. The van der Waals surface area contributed by atoms with Gasteiger partial charge in [-0.1, -0.05) is 30.3 Å². The molecule has 1 aromatic heterocycles. The minimum absolute atomic E-state index is 0.00521. The minimum atomic E-state index is -0.385. The largest absolute Gasteiger partial charge is 0.497 e. The van der Waals surface area contributed by atoms with E-state index in [1.54, 1.807) is 42.1 Å². The van der Waals surface area contributed by atoms with Gasteiger partial charge >= 0.3 is 0 Å². The van der Waals surface area contributed by atoms with Crippen molar-refractivity contribution in [3.8, 4) is 34.5 Å². The summed E-state index contributed by atoms with van der Waals surface area (Å²) in [5.41, 5.74) is 3.38. The Bertz CT molecular complexity index is 1350. The Morgan fingerprint density at radius 1 is 0.939 bits per heavy atom. The van der Waals surface area contributed by atoms with Gasteiger partial charge in [-0.25, -0.2) is 4.68 Å². The second-order valence-electron chi connectivity index (χ2n) is 7.17. The molecule has 0 spiro atoms. The summed E-state index contributed by atoms with van der Waals surface area (Å²) in [7, 11) is 3.14. The van der Waals surface area contributed by atoms with E-state index in [-0.39, 0.29) is 11.4 Å². The molecule has 0 saturated heterocycles. The van der Waals surface area contributed by atoms with Crippen molar-refractivity contribution in [3.63, 3.8) is 0 Å². The van der Waals surface area contributed by atoms with Crippen LogP contribution in [0.25, 0.3) is 23.0 Å². The summed E-state index contributed by atoms with van der Waals surface area (Å²) in [6.07, 6.45) is 3.39. The fourth-order valence-electron chi connectivity index (χ4n) is 3.40. The van der Waals surface area contributed by atoms with Crippen molar-refractivity contribution in [3.05, 3.63) is 102 Å². The second-order valence-corrected chi connectivity index (χ2v) is 7.17. The Morgan fingerprint density at radius 2 is 1.67 bits per heavy atom. The van der Waals surface area contributed by atoms with Crippen molar-refractivity contribution in [2.45, 2.75) is 0 Å². The molecule has 0 N–H and O–H groups in total.